The Morgan fingerprint density at radius 2 is 1.77 bits per heavy atom. The number of rotatable bonds is 6. The van der Waals surface area contributed by atoms with Gasteiger partial charge < -0.3 is 15.5 Å². The first-order valence-corrected chi connectivity index (χ1v) is 13.5. The van der Waals surface area contributed by atoms with E-state index in [9.17, 15) is 40.7 Å². The van der Waals surface area contributed by atoms with E-state index in [2.05, 4.69) is 15.6 Å². The van der Waals surface area contributed by atoms with Crippen molar-refractivity contribution in [1.29, 1.82) is 0 Å². The van der Waals surface area contributed by atoms with Gasteiger partial charge >= 0.3 is 6.18 Å². The highest BCUT2D eigenvalue weighted by Crippen LogP contribution is 2.54. The van der Waals surface area contributed by atoms with Crippen LogP contribution in [0.25, 0.3) is 0 Å². The monoisotopic (exact) mass is 602 g/mol. The molecule has 3 amide bonds. The highest BCUT2D eigenvalue weighted by molar-refractivity contribution is 6.06. The van der Waals surface area contributed by atoms with Crippen LogP contribution in [-0.4, -0.2) is 40.3 Å². The number of benzene rings is 2. The maximum absolute atomic E-state index is 14.5. The van der Waals surface area contributed by atoms with Gasteiger partial charge in [-0.2, -0.15) is 13.2 Å². The number of pyridine rings is 1. The van der Waals surface area contributed by atoms with Gasteiger partial charge in [0.05, 0.1) is 5.41 Å². The molecule has 1 saturated carbocycles. The maximum Gasteiger partial charge on any atom is 0.403 e. The largest absolute Gasteiger partial charge is 0.403 e. The van der Waals surface area contributed by atoms with E-state index in [1.807, 2.05) is 6.07 Å². The molecule has 2 aromatic carbocycles. The van der Waals surface area contributed by atoms with E-state index in [1.165, 1.54) is 0 Å². The van der Waals surface area contributed by atoms with Crippen molar-refractivity contribution in [2.24, 2.45) is 5.41 Å². The lowest BCUT2D eigenvalue weighted by Crippen LogP contribution is -2.57. The first-order valence-electron chi connectivity index (χ1n) is 13.5. The van der Waals surface area contributed by atoms with Crippen LogP contribution in [0.3, 0.4) is 0 Å². The van der Waals surface area contributed by atoms with Gasteiger partial charge in [-0.05, 0) is 61.1 Å². The fraction of sp³-hybridized carbons (Fsp3) is 0.333. The van der Waals surface area contributed by atoms with E-state index >= 15 is 0 Å². The first kappa shape index (κ1) is 28.7. The number of aromatic nitrogens is 1. The minimum atomic E-state index is -4.95. The molecule has 224 valence electrons. The predicted octanol–water partition coefficient (Wildman–Crippen LogP) is 5.19. The molecular formula is C30H24F6N4O3. The van der Waals surface area contributed by atoms with Gasteiger partial charge in [0.1, 0.15) is 23.6 Å². The zero-order valence-corrected chi connectivity index (χ0v) is 22.5. The van der Waals surface area contributed by atoms with Crippen molar-refractivity contribution in [3.63, 3.8) is 0 Å². The summed E-state index contributed by atoms with van der Waals surface area (Å²) in [4.78, 5) is 44.0. The van der Waals surface area contributed by atoms with Gasteiger partial charge in [-0.25, -0.2) is 18.2 Å². The van der Waals surface area contributed by atoms with E-state index in [1.54, 1.807) is 30.5 Å². The van der Waals surface area contributed by atoms with Gasteiger partial charge in [0.2, 0.25) is 17.7 Å². The second-order valence-electron chi connectivity index (χ2n) is 11.3. The molecule has 1 spiro atoms. The van der Waals surface area contributed by atoms with Crippen LogP contribution < -0.4 is 10.6 Å². The molecule has 3 aromatic rings. The summed E-state index contributed by atoms with van der Waals surface area (Å²) in [6, 6.07) is 9.32. The van der Waals surface area contributed by atoms with Crippen molar-refractivity contribution in [2.75, 3.05) is 17.2 Å². The van der Waals surface area contributed by atoms with Crippen LogP contribution in [0.2, 0.25) is 0 Å². The van der Waals surface area contributed by atoms with E-state index in [-0.39, 0.29) is 24.1 Å². The second-order valence-corrected chi connectivity index (χ2v) is 11.3. The molecule has 0 radical (unpaired) electrons. The number of amides is 3. The summed E-state index contributed by atoms with van der Waals surface area (Å²) < 4.78 is 84.1. The van der Waals surface area contributed by atoms with E-state index in [0.29, 0.717) is 29.6 Å². The van der Waals surface area contributed by atoms with Crippen LogP contribution in [0.4, 0.5) is 37.8 Å². The number of fused-ring (bicyclic) bond motifs is 3. The Morgan fingerprint density at radius 3 is 2.47 bits per heavy atom. The zero-order valence-electron chi connectivity index (χ0n) is 22.5. The van der Waals surface area contributed by atoms with Gasteiger partial charge in [-0.1, -0.05) is 18.6 Å². The summed E-state index contributed by atoms with van der Waals surface area (Å²) >= 11 is 0. The summed E-state index contributed by atoms with van der Waals surface area (Å²) in [5.74, 6) is -6.39. The molecule has 2 N–H and O–H groups in total. The van der Waals surface area contributed by atoms with E-state index < -0.39 is 77.8 Å². The van der Waals surface area contributed by atoms with Gasteiger partial charge in [-0.3, -0.25) is 14.4 Å². The lowest BCUT2D eigenvalue weighted by Gasteiger charge is -2.44. The number of halogens is 6. The third kappa shape index (κ3) is 4.70. The lowest BCUT2D eigenvalue weighted by atomic mass is 9.67. The van der Waals surface area contributed by atoms with Crippen molar-refractivity contribution in [1.82, 2.24) is 9.88 Å². The Kier molecular flexibility index (Phi) is 6.73. The number of anilines is 2. The van der Waals surface area contributed by atoms with Crippen LogP contribution in [0.1, 0.15) is 41.5 Å². The van der Waals surface area contributed by atoms with E-state index in [4.69, 9.17) is 0 Å². The molecule has 0 bridgehead atoms. The number of nitrogens with one attached hydrogen (secondary N) is 2. The molecule has 1 aliphatic heterocycles. The standard InChI is InChI=1S/C30H24F6N4O3/c31-19-9-18(24(33)22(32)11-19)14-40(27(43)29(6-2-7-29)30(34,35)36)15-23(41)38-20-5-4-16-12-28(13-17(16)10-20)21-3-1-8-37-25(21)39-26(28)42/h1,3-5,8-11H,2,6-7,12-15H2,(H,38,41)(H,37,39,42)/t28-/m1/s1. The van der Waals surface area contributed by atoms with Crippen molar-refractivity contribution in [2.45, 2.75) is 50.2 Å². The predicted molar refractivity (Wildman–Crippen MR) is 141 cm³/mol. The molecule has 43 heavy (non-hydrogen) atoms. The molecule has 1 fully saturated rings. The van der Waals surface area contributed by atoms with Crippen LogP contribution in [0.5, 0.6) is 0 Å². The second kappa shape index (κ2) is 10.1. The third-order valence-electron chi connectivity index (χ3n) is 8.67. The fourth-order valence-corrected chi connectivity index (χ4v) is 6.30. The molecular weight excluding hydrogens is 578 g/mol. The maximum atomic E-state index is 14.5. The van der Waals surface area contributed by atoms with Crippen LogP contribution in [0, 0.1) is 22.9 Å². The first-order chi connectivity index (χ1) is 20.3. The van der Waals surface area contributed by atoms with Gasteiger partial charge in [0, 0.05) is 35.6 Å². The lowest BCUT2D eigenvalue weighted by molar-refractivity contribution is -0.248. The van der Waals surface area contributed by atoms with E-state index in [0.717, 1.165) is 16.7 Å². The van der Waals surface area contributed by atoms with Crippen molar-refractivity contribution >= 4 is 29.2 Å². The highest BCUT2D eigenvalue weighted by Gasteiger charge is 2.64. The molecule has 6 rings (SSSR count). The molecule has 0 saturated heterocycles. The highest BCUT2D eigenvalue weighted by atomic mass is 19.4. The Labute approximate surface area is 241 Å². The van der Waals surface area contributed by atoms with Gasteiger partial charge in [0.25, 0.3) is 0 Å². The average Bonchev–Trinajstić information content (AvgIpc) is 3.41. The van der Waals surface area contributed by atoms with Gasteiger partial charge in [-0.15, -0.1) is 0 Å². The summed E-state index contributed by atoms with van der Waals surface area (Å²) in [6.07, 6.45) is -3.58. The summed E-state index contributed by atoms with van der Waals surface area (Å²) in [7, 11) is 0. The van der Waals surface area contributed by atoms with Crippen molar-refractivity contribution in [3.8, 4) is 0 Å². The number of hydrogen-bond acceptors (Lipinski definition) is 4. The number of hydrogen-bond donors (Lipinski definition) is 2. The molecule has 1 atom stereocenters. The van der Waals surface area contributed by atoms with Crippen molar-refractivity contribution < 1.29 is 40.7 Å². The van der Waals surface area contributed by atoms with Crippen molar-refractivity contribution in [3.05, 3.63) is 88.4 Å². The summed E-state index contributed by atoms with van der Waals surface area (Å²) in [5, 5.41) is 5.34. The molecule has 0 unspecified atom stereocenters. The SMILES string of the molecule is O=C(CN(Cc1cc(F)cc(F)c1F)C(=O)C1(C(F)(F)F)CCC1)Nc1ccc2c(c1)C[C@@]1(C2)C(=O)Nc2ncccc21. The van der Waals surface area contributed by atoms with Crippen LogP contribution in [-0.2, 0) is 39.2 Å². The Hall–Kier alpha value is -4.42. The molecule has 3 aliphatic rings. The normalized spacial score (nSPS) is 19.8. The summed E-state index contributed by atoms with van der Waals surface area (Å²) in [6.45, 7) is -1.89. The fourth-order valence-electron chi connectivity index (χ4n) is 6.30. The Balaban J connectivity index is 1.24. The minimum Gasteiger partial charge on any atom is -0.328 e. The van der Waals surface area contributed by atoms with Gasteiger partial charge in [0.15, 0.2) is 11.6 Å². The molecule has 13 heteroatoms. The molecule has 1 aromatic heterocycles. The number of nitrogens with zero attached hydrogens (tertiary/aromatic N) is 2. The number of alkyl halides is 3. The zero-order chi connectivity index (χ0) is 30.7. The topological polar surface area (TPSA) is 91.4 Å². The average molecular weight is 603 g/mol. The molecule has 2 heterocycles. The summed E-state index contributed by atoms with van der Waals surface area (Å²) in [5.41, 5.74) is -1.70. The van der Waals surface area contributed by atoms with Crippen LogP contribution >= 0.6 is 0 Å². The Bertz CT molecular complexity index is 1670. The number of carbonyl (C=O) groups is 3. The molecule has 2 aliphatic carbocycles. The smallest absolute Gasteiger partial charge is 0.328 e. The third-order valence-corrected chi connectivity index (χ3v) is 8.67. The quantitative estimate of drug-likeness (QED) is 0.300. The molecule has 7 nitrogen and oxygen atoms in total. The Morgan fingerprint density at radius 1 is 1.02 bits per heavy atom. The minimum absolute atomic E-state index is 0.115. The number of carbonyl (C=O) groups excluding carboxylic acids is 3. The van der Waals surface area contributed by atoms with Crippen LogP contribution in [0.15, 0.2) is 48.7 Å².